The van der Waals surface area contributed by atoms with E-state index in [4.69, 9.17) is 5.73 Å². The minimum absolute atomic E-state index is 0.159. The number of carbonyl (C=O) groups is 1. The number of benzene rings is 1. The van der Waals surface area contributed by atoms with Gasteiger partial charge in [0.05, 0.1) is 23.5 Å². The van der Waals surface area contributed by atoms with E-state index in [1.165, 1.54) is 18.2 Å². The second-order valence-electron chi connectivity index (χ2n) is 5.24. The molecule has 1 aromatic carbocycles. The van der Waals surface area contributed by atoms with Gasteiger partial charge in [-0.2, -0.15) is 0 Å². The van der Waals surface area contributed by atoms with Gasteiger partial charge < -0.3 is 16.2 Å². The van der Waals surface area contributed by atoms with Crippen molar-refractivity contribution in [1.29, 1.82) is 0 Å². The average Bonchev–Trinajstić information content (AvgIpc) is 2.63. The monoisotopic (exact) mass is 267 g/mol. The molecular weight excluding hydrogens is 249 g/mol. The Bertz CT molecular complexity index is 491. The summed E-state index contributed by atoms with van der Waals surface area (Å²) in [6.45, 7) is 3.03. The normalized spacial score (nSPS) is 23.5. The van der Waals surface area contributed by atoms with Gasteiger partial charge in [-0.1, -0.05) is 0 Å². The Balaban J connectivity index is 1.93. The SMILES string of the molecule is CC1(O)CCN(CC(=O)Nc2cc(F)ccc2N)C1. The molecule has 4 N–H and O–H groups in total. The van der Waals surface area contributed by atoms with Crippen molar-refractivity contribution in [2.75, 3.05) is 30.7 Å². The van der Waals surface area contributed by atoms with Crippen molar-refractivity contribution in [3.8, 4) is 0 Å². The molecule has 6 heteroatoms. The fourth-order valence-corrected chi connectivity index (χ4v) is 2.20. The van der Waals surface area contributed by atoms with Crippen LogP contribution in [0.4, 0.5) is 15.8 Å². The summed E-state index contributed by atoms with van der Waals surface area (Å²) in [6, 6.07) is 3.83. The van der Waals surface area contributed by atoms with Gasteiger partial charge in [0, 0.05) is 13.1 Å². The number of anilines is 2. The summed E-state index contributed by atoms with van der Waals surface area (Å²) < 4.78 is 13.1. The Morgan fingerprint density at radius 3 is 3.00 bits per heavy atom. The number of rotatable bonds is 3. The molecule has 0 radical (unpaired) electrons. The highest BCUT2D eigenvalue weighted by molar-refractivity contribution is 5.95. The number of nitrogen functional groups attached to an aromatic ring is 1. The number of β-amino-alcohol motifs (C(OH)–C–C–N with tert-alkyl or cyclic N) is 1. The second-order valence-corrected chi connectivity index (χ2v) is 5.24. The number of nitrogens with zero attached hydrogens (tertiary/aromatic N) is 1. The van der Waals surface area contributed by atoms with E-state index < -0.39 is 11.4 Å². The summed E-state index contributed by atoms with van der Waals surface area (Å²) in [5.74, 6) is -0.719. The quantitative estimate of drug-likeness (QED) is 0.708. The van der Waals surface area contributed by atoms with Crippen LogP contribution in [0.3, 0.4) is 0 Å². The van der Waals surface area contributed by atoms with Crippen LogP contribution in [0.25, 0.3) is 0 Å². The van der Waals surface area contributed by atoms with Crippen molar-refractivity contribution < 1.29 is 14.3 Å². The number of aliphatic hydroxyl groups is 1. The van der Waals surface area contributed by atoms with Crippen LogP contribution in [-0.4, -0.2) is 41.1 Å². The Labute approximate surface area is 111 Å². The summed E-state index contributed by atoms with van der Waals surface area (Å²) >= 11 is 0. The fourth-order valence-electron chi connectivity index (χ4n) is 2.20. The predicted octanol–water partition coefficient (Wildman–Crippen LogP) is 0.803. The Morgan fingerprint density at radius 1 is 1.63 bits per heavy atom. The molecule has 0 spiro atoms. The summed E-state index contributed by atoms with van der Waals surface area (Å²) in [5, 5.41) is 12.4. The molecule has 1 saturated heterocycles. The smallest absolute Gasteiger partial charge is 0.238 e. The molecule has 19 heavy (non-hydrogen) atoms. The fraction of sp³-hybridized carbons (Fsp3) is 0.462. The van der Waals surface area contributed by atoms with E-state index >= 15 is 0 Å². The van der Waals surface area contributed by atoms with E-state index in [2.05, 4.69) is 5.32 Å². The van der Waals surface area contributed by atoms with Crippen molar-refractivity contribution >= 4 is 17.3 Å². The number of carbonyl (C=O) groups excluding carboxylic acids is 1. The van der Waals surface area contributed by atoms with Gasteiger partial charge in [-0.25, -0.2) is 4.39 Å². The molecule has 1 unspecified atom stereocenters. The molecule has 1 atom stereocenters. The van der Waals surface area contributed by atoms with E-state index in [1.807, 2.05) is 4.90 Å². The van der Waals surface area contributed by atoms with E-state index in [0.29, 0.717) is 25.2 Å². The number of halogens is 1. The molecule has 0 aliphatic carbocycles. The number of nitrogens with one attached hydrogen (secondary N) is 1. The third-order valence-electron chi connectivity index (χ3n) is 3.19. The molecule has 0 aromatic heterocycles. The first-order chi connectivity index (χ1) is 8.85. The third-order valence-corrected chi connectivity index (χ3v) is 3.19. The van der Waals surface area contributed by atoms with Gasteiger partial charge in [-0.3, -0.25) is 9.69 Å². The van der Waals surface area contributed by atoms with Crippen molar-refractivity contribution in [3.05, 3.63) is 24.0 Å². The van der Waals surface area contributed by atoms with Gasteiger partial charge in [0.1, 0.15) is 5.82 Å². The molecule has 5 nitrogen and oxygen atoms in total. The first-order valence-electron chi connectivity index (χ1n) is 6.15. The van der Waals surface area contributed by atoms with Gasteiger partial charge in [0.15, 0.2) is 0 Å². The maximum Gasteiger partial charge on any atom is 0.238 e. The van der Waals surface area contributed by atoms with Crippen molar-refractivity contribution in [1.82, 2.24) is 4.90 Å². The van der Waals surface area contributed by atoms with Crippen LogP contribution < -0.4 is 11.1 Å². The highest BCUT2D eigenvalue weighted by atomic mass is 19.1. The Kier molecular flexibility index (Phi) is 3.73. The van der Waals surface area contributed by atoms with Crippen LogP contribution in [0, 0.1) is 5.82 Å². The zero-order chi connectivity index (χ0) is 14.0. The number of amides is 1. The lowest BCUT2D eigenvalue weighted by Gasteiger charge is -2.18. The van der Waals surface area contributed by atoms with Crippen LogP contribution in [0.2, 0.25) is 0 Å². The molecular formula is C13H18FN3O2. The van der Waals surface area contributed by atoms with Crippen molar-refractivity contribution in [3.63, 3.8) is 0 Å². The summed E-state index contributed by atoms with van der Waals surface area (Å²) in [6.07, 6.45) is 0.641. The molecule has 1 aromatic rings. The highest BCUT2D eigenvalue weighted by Gasteiger charge is 2.32. The van der Waals surface area contributed by atoms with Gasteiger partial charge in [-0.05, 0) is 31.5 Å². The lowest BCUT2D eigenvalue weighted by Crippen LogP contribution is -2.35. The van der Waals surface area contributed by atoms with Gasteiger partial charge >= 0.3 is 0 Å². The molecule has 104 valence electrons. The molecule has 1 fully saturated rings. The molecule has 1 aliphatic rings. The van der Waals surface area contributed by atoms with E-state index in [9.17, 15) is 14.3 Å². The van der Waals surface area contributed by atoms with Crippen LogP contribution in [0.15, 0.2) is 18.2 Å². The van der Waals surface area contributed by atoms with E-state index in [1.54, 1.807) is 6.92 Å². The second kappa shape index (κ2) is 5.14. The Hall–Kier alpha value is -1.66. The molecule has 1 heterocycles. The number of nitrogens with two attached hydrogens (primary N) is 1. The average molecular weight is 267 g/mol. The van der Waals surface area contributed by atoms with Crippen molar-refractivity contribution in [2.24, 2.45) is 0 Å². The molecule has 0 bridgehead atoms. The minimum Gasteiger partial charge on any atom is -0.397 e. The summed E-state index contributed by atoms with van der Waals surface area (Å²) in [7, 11) is 0. The first-order valence-corrected chi connectivity index (χ1v) is 6.15. The summed E-state index contributed by atoms with van der Waals surface area (Å²) in [5.41, 5.74) is 5.51. The lowest BCUT2D eigenvalue weighted by atomic mass is 10.1. The van der Waals surface area contributed by atoms with Crippen LogP contribution in [-0.2, 0) is 4.79 Å². The lowest BCUT2D eigenvalue weighted by molar-refractivity contribution is -0.117. The van der Waals surface area contributed by atoms with Crippen LogP contribution >= 0.6 is 0 Å². The molecule has 0 saturated carbocycles. The zero-order valence-corrected chi connectivity index (χ0v) is 10.8. The standard InChI is InChI=1S/C13H18FN3O2/c1-13(19)4-5-17(8-13)7-12(18)16-11-6-9(14)2-3-10(11)15/h2-3,6,19H,4-5,7-8,15H2,1H3,(H,16,18). The maximum atomic E-state index is 13.1. The van der Waals surface area contributed by atoms with Gasteiger partial charge in [0.25, 0.3) is 0 Å². The number of hydrogen-bond donors (Lipinski definition) is 3. The van der Waals surface area contributed by atoms with Gasteiger partial charge in [-0.15, -0.1) is 0 Å². The third kappa shape index (κ3) is 3.65. The largest absolute Gasteiger partial charge is 0.397 e. The Morgan fingerprint density at radius 2 is 2.37 bits per heavy atom. The predicted molar refractivity (Wildman–Crippen MR) is 71.1 cm³/mol. The molecule has 1 aliphatic heterocycles. The number of hydrogen-bond acceptors (Lipinski definition) is 4. The van der Waals surface area contributed by atoms with Crippen LogP contribution in [0.1, 0.15) is 13.3 Å². The van der Waals surface area contributed by atoms with Crippen LogP contribution in [0.5, 0.6) is 0 Å². The van der Waals surface area contributed by atoms with E-state index in [0.717, 1.165) is 0 Å². The topological polar surface area (TPSA) is 78.6 Å². The zero-order valence-electron chi connectivity index (χ0n) is 10.8. The number of likely N-dealkylation sites (tertiary alicyclic amines) is 1. The van der Waals surface area contributed by atoms with Gasteiger partial charge in [0.2, 0.25) is 5.91 Å². The summed E-state index contributed by atoms with van der Waals surface area (Å²) in [4.78, 5) is 13.7. The van der Waals surface area contributed by atoms with E-state index in [-0.39, 0.29) is 18.1 Å². The molecule has 2 rings (SSSR count). The highest BCUT2D eigenvalue weighted by Crippen LogP contribution is 2.21. The molecule has 1 amide bonds. The first kappa shape index (κ1) is 13.8. The minimum atomic E-state index is -0.738. The maximum absolute atomic E-state index is 13.1. The van der Waals surface area contributed by atoms with Crippen molar-refractivity contribution in [2.45, 2.75) is 18.9 Å².